The van der Waals surface area contributed by atoms with Gasteiger partial charge in [-0.25, -0.2) is 9.59 Å². The first-order valence-electron chi connectivity index (χ1n) is 7.39. The third kappa shape index (κ3) is 7.03. The number of carboxylic acid groups (broad SMARTS) is 1. The normalized spacial score (nSPS) is 16.9. The summed E-state index contributed by atoms with van der Waals surface area (Å²) in [5.41, 5.74) is 0. The van der Waals surface area contributed by atoms with E-state index in [0.29, 0.717) is 13.0 Å². The molecule has 3 N–H and O–H groups in total. The maximum absolute atomic E-state index is 11.6. The van der Waals surface area contributed by atoms with Gasteiger partial charge in [0.2, 0.25) is 0 Å². The summed E-state index contributed by atoms with van der Waals surface area (Å²) in [5.74, 6) is 0.576. The highest BCUT2D eigenvalue weighted by atomic mass is 32.2. The Labute approximate surface area is 125 Å². The first-order chi connectivity index (χ1) is 9.63. The van der Waals surface area contributed by atoms with Crippen molar-refractivity contribution in [3.05, 3.63) is 0 Å². The molecule has 1 aliphatic carbocycles. The molecular formula is C14H26N2O3S. The Hall–Kier alpha value is -0.910. The zero-order valence-corrected chi connectivity index (χ0v) is 13.0. The molecule has 1 aliphatic rings. The van der Waals surface area contributed by atoms with E-state index in [9.17, 15) is 9.59 Å². The molecule has 1 fully saturated rings. The van der Waals surface area contributed by atoms with E-state index in [0.717, 1.165) is 24.5 Å². The summed E-state index contributed by atoms with van der Waals surface area (Å²) in [6, 6.07) is -1.16. The van der Waals surface area contributed by atoms with E-state index < -0.39 is 12.0 Å². The highest BCUT2D eigenvalue weighted by molar-refractivity contribution is 7.98. The minimum atomic E-state index is -0.972. The van der Waals surface area contributed by atoms with Crippen molar-refractivity contribution in [1.29, 1.82) is 0 Å². The Balaban J connectivity index is 2.12. The fourth-order valence-corrected chi connectivity index (χ4v) is 3.07. The first kappa shape index (κ1) is 17.1. The van der Waals surface area contributed by atoms with Gasteiger partial charge in [-0.1, -0.05) is 25.7 Å². The van der Waals surface area contributed by atoms with Gasteiger partial charge in [-0.05, 0) is 37.2 Å². The number of carbonyl (C=O) groups excluding carboxylic acids is 1. The molecule has 0 unspecified atom stereocenters. The van der Waals surface area contributed by atoms with E-state index in [4.69, 9.17) is 5.11 Å². The van der Waals surface area contributed by atoms with Crippen LogP contribution in [0.2, 0.25) is 0 Å². The average molecular weight is 302 g/mol. The van der Waals surface area contributed by atoms with Crippen LogP contribution in [0.1, 0.15) is 44.9 Å². The number of aliphatic carboxylic acids is 1. The molecule has 0 aromatic carbocycles. The predicted molar refractivity (Wildman–Crippen MR) is 82.1 cm³/mol. The van der Waals surface area contributed by atoms with E-state index in [-0.39, 0.29) is 6.03 Å². The summed E-state index contributed by atoms with van der Waals surface area (Å²) in [6.07, 6.45) is 9.83. The van der Waals surface area contributed by atoms with Crippen molar-refractivity contribution < 1.29 is 14.7 Å². The molecule has 20 heavy (non-hydrogen) atoms. The van der Waals surface area contributed by atoms with Crippen LogP contribution in [-0.4, -0.2) is 41.7 Å². The highest BCUT2D eigenvalue weighted by Crippen LogP contribution is 2.28. The molecule has 116 valence electrons. The van der Waals surface area contributed by atoms with E-state index in [1.54, 1.807) is 11.8 Å². The zero-order valence-electron chi connectivity index (χ0n) is 12.2. The van der Waals surface area contributed by atoms with Crippen molar-refractivity contribution in [3.63, 3.8) is 0 Å². The molecule has 5 nitrogen and oxygen atoms in total. The Morgan fingerprint density at radius 3 is 2.65 bits per heavy atom. The largest absolute Gasteiger partial charge is 0.480 e. The minimum Gasteiger partial charge on any atom is -0.480 e. The molecule has 0 radical (unpaired) electrons. The van der Waals surface area contributed by atoms with E-state index >= 15 is 0 Å². The monoisotopic (exact) mass is 302 g/mol. The standard InChI is InChI=1S/C14H26N2O3S/c1-20-10-8-12(13(17)18)16-14(19)15-9-4-7-11-5-2-3-6-11/h11-12H,2-10H2,1H3,(H,17,18)(H2,15,16,19)/t12-/m0/s1. The van der Waals surface area contributed by atoms with Crippen molar-refractivity contribution in [2.24, 2.45) is 5.92 Å². The van der Waals surface area contributed by atoms with Gasteiger partial charge in [0.05, 0.1) is 0 Å². The molecule has 6 heteroatoms. The smallest absolute Gasteiger partial charge is 0.326 e. The maximum atomic E-state index is 11.6. The Morgan fingerprint density at radius 2 is 2.05 bits per heavy atom. The molecule has 0 saturated heterocycles. The van der Waals surface area contributed by atoms with Crippen molar-refractivity contribution in [1.82, 2.24) is 10.6 Å². The quantitative estimate of drug-likeness (QED) is 0.572. The molecule has 0 aromatic rings. The van der Waals surface area contributed by atoms with Crippen LogP contribution in [-0.2, 0) is 4.79 Å². The number of carboxylic acids is 1. The van der Waals surface area contributed by atoms with E-state index in [2.05, 4.69) is 10.6 Å². The molecule has 1 atom stereocenters. The van der Waals surface area contributed by atoms with Gasteiger partial charge < -0.3 is 15.7 Å². The Bertz CT molecular complexity index is 307. The molecular weight excluding hydrogens is 276 g/mol. The molecule has 0 spiro atoms. The van der Waals surface area contributed by atoms with Crippen molar-refractivity contribution in [2.45, 2.75) is 51.0 Å². The fraction of sp³-hybridized carbons (Fsp3) is 0.857. The van der Waals surface area contributed by atoms with Crippen LogP contribution in [0.5, 0.6) is 0 Å². The van der Waals surface area contributed by atoms with Gasteiger partial charge >= 0.3 is 12.0 Å². The molecule has 1 saturated carbocycles. The van der Waals surface area contributed by atoms with Gasteiger partial charge in [0.1, 0.15) is 6.04 Å². The number of thioether (sulfide) groups is 1. The van der Waals surface area contributed by atoms with Gasteiger partial charge in [-0.2, -0.15) is 11.8 Å². The summed E-state index contributed by atoms with van der Waals surface area (Å²) in [6.45, 7) is 0.622. The first-order valence-corrected chi connectivity index (χ1v) is 8.79. The molecule has 0 heterocycles. The number of carbonyl (C=O) groups is 2. The van der Waals surface area contributed by atoms with Gasteiger partial charge in [-0.3, -0.25) is 0 Å². The third-order valence-corrected chi connectivity index (χ3v) is 4.41. The van der Waals surface area contributed by atoms with Crippen LogP contribution in [0.25, 0.3) is 0 Å². The topological polar surface area (TPSA) is 78.4 Å². The summed E-state index contributed by atoms with van der Waals surface area (Å²) in [5, 5.41) is 14.3. The van der Waals surface area contributed by atoms with Crippen LogP contribution >= 0.6 is 11.8 Å². The zero-order chi connectivity index (χ0) is 14.8. The van der Waals surface area contributed by atoms with Gasteiger partial charge in [0, 0.05) is 6.54 Å². The lowest BCUT2D eigenvalue weighted by atomic mass is 10.0. The average Bonchev–Trinajstić information content (AvgIpc) is 2.92. The number of hydrogen-bond donors (Lipinski definition) is 3. The number of hydrogen-bond acceptors (Lipinski definition) is 3. The van der Waals surface area contributed by atoms with Crippen molar-refractivity contribution in [2.75, 3.05) is 18.6 Å². The van der Waals surface area contributed by atoms with Gasteiger partial charge in [0.15, 0.2) is 0 Å². The number of nitrogens with one attached hydrogen (secondary N) is 2. The maximum Gasteiger partial charge on any atom is 0.326 e. The second-order valence-electron chi connectivity index (χ2n) is 5.37. The molecule has 1 rings (SSSR count). The summed E-state index contributed by atoms with van der Waals surface area (Å²) in [4.78, 5) is 22.6. The van der Waals surface area contributed by atoms with Gasteiger partial charge in [0.25, 0.3) is 0 Å². The molecule has 0 aliphatic heterocycles. The summed E-state index contributed by atoms with van der Waals surface area (Å²) in [7, 11) is 0. The lowest BCUT2D eigenvalue weighted by Gasteiger charge is -2.15. The molecule has 2 amide bonds. The van der Waals surface area contributed by atoms with Gasteiger partial charge in [-0.15, -0.1) is 0 Å². The summed E-state index contributed by atoms with van der Waals surface area (Å²) < 4.78 is 0. The number of urea groups is 1. The van der Waals surface area contributed by atoms with Crippen LogP contribution in [0.15, 0.2) is 0 Å². The SMILES string of the molecule is CSCC[C@H](NC(=O)NCCCC1CCCC1)C(=O)O. The van der Waals surface area contributed by atoms with E-state index in [1.165, 1.54) is 25.7 Å². The van der Waals surface area contributed by atoms with Crippen molar-refractivity contribution >= 4 is 23.8 Å². The minimum absolute atomic E-state index is 0.370. The second kappa shape index (κ2) is 9.91. The summed E-state index contributed by atoms with van der Waals surface area (Å²) >= 11 is 1.57. The van der Waals surface area contributed by atoms with Crippen molar-refractivity contribution in [3.8, 4) is 0 Å². The fourth-order valence-electron chi connectivity index (χ4n) is 2.59. The predicted octanol–water partition coefficient (Wildman–Crippen LogP) is 2.46. The Kier molecular flexibility index (Phi) is 8.49. The highest BCUT2D eigenvalue weighted by Gasteiger charge is 2.19. The van der Waals surface area contributed by atoms with Crippen LogP contribution < -0.4 is 10.6 Å². The molecule has 0 aromatic heterocycles. The second-order valence-corrected chi connectivity index (χ2v) is 6.35. The number of rotatable bonds is 9. The van der Waals surface area contributed by atoms with E-state index in [1.807, 2.05) is 6.26 Å². The van der Waals surface area contributed by atoms with Crippen LogP contribution in [0, 0.1) is 5.92 Å². The Morgan fingerprint density at radius 1 is 1.35 bits per heavy atom. The third-order valence-electron chi connectivity index (χ3n) is 3.76. The van der Waals surface area contributed by atoms with Crippen LogP contribution in [0.3, 0.4) is 0 Å². The van der Waals surface area contributed by atoms with Crippen LogP contribution in [0.4, 0.5) is 4.79 Å². The molecule has 0 bridgehead atoms. The lowest BCUT2D eigenvalue weighted by Crippen LogP contribution is -2.46. The number of amides is 2. The lowest BCUT2D eigenvalue weighted by molar-refractivity contribution is -0.139.